The maximum Gasteiger partial charge on any atom is 0.240 e. The second kappa shape index (κ2) is 8.77. The summed E-state index contributed by atoms with van der Waals surface area (Å²) in [6, 6.07) is 1.21. The van der Waals surface area contributed by atoms with E-state index in [0.29, 0.717) is 31.9 Å². The Morgan fingerprint density at radius 1 is 1.57 bits per heavy atom. The number of aliphatic imine (C=N–C) groups is 1. The predicted octanol–water partition coefficient (Wildman–Crippen LogP) is -0.745. The van der Waals surface area contributed by atoms with E-state index in [1.807, 2.05) is 0 Å². The molecule has 1 heterocycles. The van der Waals surface area contributed by atoms with Gasteiger partial charge in [0.15, 0.2) is 0 Å². The molecule has 0 unspecified atom stereocenters. The van der Waals surface area contributed by atoms with Crippen LogP contribution in [0.4, 0.5) is 0 Å². The van der Waals surface area contributed by atoms with Gasteiger partial charge < -0.3 is 21.3 Å². The lowest BCUT2D eigenvalue weighted by atomic mass is 10.1. The van der Waals surface area contributed by atoms with E-state index < -0.39 is 6.04 Å². The van der Waals surface area contributed by atoms with E-state index in [2.05, 4.69) is 21.7 Å². The van der Waals surface area contributed by atoms with E-state index in [9.17, 15) is 4.79 Å². The van der Waals surface area contributed by atoms with Crippen LogP contribution in [0.25, 0.3) is 0 Å². The van der Waals surface area contributed by atoms with E-state index in [1.54, 1.807) is 18.1 Å². The molecule has 4 N–H and O–H groups in total. The average Bonchev–Trinajstić information content (AvgIpc) is 2.97. The zero-order valence-electron chi connectivity index (χ0n) is 12.2. The van der Waals surface area contributed by atoms with Crippen LogP contribution in [-0.2, 0) is 4.79 Å². The van der Waals surface area contributed by atoms with Gasteiger partial charge in [-0.25, -0.2) is 0 Å². The van der Waals surface area contributed by atoms with Gasteiger partial charge in [-0.3, -0.25) is 4.79 Å². The van der Waals surface area contributed by atoms with Crippen molar-refractivity contribution in [2.75, 3.05) is 20.1 Å². The van der Waals surface area contributed by atoms with Gasteiger partial charge in [0.05, 0.1) is 12.1 Å². The number of guanidine groups is 1. The summed E-state index contributed by atoms with van der Waals surface area (Å²) in [5, 5.41) is 23.1. The number of carbonyl (C=O) groups excluding carboxylic acids is 1. The summed E-state index contributed by atoms with van der Waals surface area (Å²) in [6.07, 6.45) is 4.45. The molecule has 2 atom stereocenters. The van der Waals surface area contributed by atoms with Crippen LogP contribution in [0.2, 0.25) is 0 Å². The van der Waals surface area contributed by atoms with Gasteiger partial charge in [0.25, 0.3) is 0 Å². The van der Waals surface area contributed by atoms with Crippen molar-refractivity contribution >= 4 is 11.9 Å². The Bertz CT molecular complexity index is 462. The van der Waals surface area contributed by atoms with Crippen molar-refractivity contribution in [1.29, 1.82) is 10.5 Å². The van der Waals surface area contributed by atoms with Crippen LogP contribution in [0.15, 0.2) is 4.99 Å². The molecule has 21 heavy (non-hydrogen) atoms. The number of nitrogens with one attached hydrogen (secondary N) is 2. The number of nitriles is 2. The minimum Gasteiger partial charge on any atom is -0.359 e. The fourth-order valence-electron chi connectivity index (χ4n) is 2.26. The van der Waals surface area contributed by atoms with Crippen LogP contribution in [0, 0.1) is 22.8 Å². The quantitative estimate of drug-likeness (QED) is 0.264. The number of carbonyl (C=O) groups is 1. The Labute approximate surface area is 124 Å². The molecule has 1 fully saturated rings. The summed E-state index contributed by atoms with van der Waals surface area (Å²) in [7, 11) is 1.66. The molecule has 0 radical (unpaired) electrons. The lowest BCUT2D eigenvalue weighted by molar-refractivity contribution is -0.132. The van der Waals surface area contributed by atoms with Gasteiger partial charge >= 0.3 is 0 Å². The Balaban J connectivity index is 2.32. The van der Waals surface area contributed by atoms with Crippen molar-refractivity contribution in [2.24, 2.45) is 10.7 Å². The van der Waals surface area contributed by atoms with E-state index in [4.69, 9.17) is 16.3 Å². The zero-order chi connectivity index (χ0) is 15.7. The normalized spacial score (nSPS) is 19.5. The lowest BCUT2D eigenvalue weighted by Crippen LogP contribution is -2.46. The van der Waals surface area contributed by atoms with Crippen LogP contribution >= 0.6 is 0 Å². The maximum atomic E-state index is 12.2. The van der Waals surface area contributed by atoms with Crippen LogP contribution in [0.1, 0.15) is 25.7 Å². The minimum atomic E-state index is -0.591. The minimum absolute atomic E-state index is 0.154. The van der Waals surface area contributed by atoms with E-state index in [1.165, 1.54) is 0 Å². The Morgan fingerprint density at radius 2 is 2.33 bits per heavy atom. The molecular formula is C13H21N7O. The van der Waals surface area contributed by atoms with Gasteiger partial charge in [0, 0.05) is 20.1 Å². The molecule has 0 aromatic rings. The number of hydrogen-bond donors (Lipinski definition) is 3. The number of amides is 1. The zero-order valence-corrected chi connectivity index (χ0v) is 12.2. The van der Waals surface area contributed by atoms with Crippen molar-refractivity contribution < 1.29 is 4.79 Å². The molecule has 1 rings (SSSR count). The largest absolute Gasteiger partial charge is 0.359 e. The Morgan fingerprint density at radius 3 is 2.95 bits per heavy atom. The van der Waals surface area contributed by atoms with Gasteiger partial charge in [-0.2, -0.15) is 10.5 Å². The molecule has 0 bridgehead atoms. The second-order valence-electron chi connectivity index (χ2n) is 4.80. The first-order chi connectivity index (χ1) is 10.1. The Kier molecular flexibility index (Phi) is 6.99. The average molecular weight is 291 g/mol. The van der Waals surface area contributed by atoms with E-state index in [0.717, 1.165) is 12.8 Å². The van der Waals surface area contributed by atoms with Crippen LogP contribution in [0.3, 0.4) is 0 Å². The highest BCUT2D eigenvalue weighted by Crippen LogP contribution is 2.17. The SMILES string of the molecule is CN/C(=N/C#N)NCCC[C@H](N)C(=O)N1CCC[C@H]1C#N. The van der Waals surface area contributed by atoms with Crippen LogP contribution in [-0.4, -0.2) is 49.0 Å². The first-order valence-electron chi connectivity index (χ1n) is 6.98. The highest BCUT2D eigenvalue weighted by atomic mass is 16.2. The first-order valence-corrected chi connectivity index (χ1v) is 6.98. The molecule has 8 heteroatoms. The van der Waals surface area contributed by atoms with Crippen molar-refractivity contribution in [2.45, 2.75) is 37.8 Å². The molecule has 0 aromatic heterocycles. The first kappa shape index (κ1) is 16.7. The van der Waals surface area contributed by atoms with Crippen molar-refractivity contribution in [3.05, 3.63) is 0 Å². The number of likely N-dealkylation sites (tertiary alicyclic amines) is 1. The van der Waals surface area contributed by atoms with E-state index >= 15 is 0 Å². The molecule has 8 nitrogen and oxygen atoms in total. The van der Waals surface area contributed by atoms with Gasteiger partial charge in [0.2, 0.25) is 18.1 Å². The molecule has 1 saturated heterocycles. The summed E-state index contributed by atoms with van der Waals surface area (Å²) in [6.45, 7) is 1.17. The molecule has 1 aliphatic rings. The summed E-state index contributed by atoms with van der Waals surface area (Å²) in [5.41, 5.74) is 5.90. The van der Waals surface area contributed by atoms with Gasteiger partial charge in [-0.1, -0.05) is 0 Å². The topological polar surface area (TPSA) is 130 Å². The Hall–Kier alpha value is -2.32. The number of rotatable bonds is 5. The summed E-state index contributed by atoms with van der Waals surface area (Å²) >= 11 is 0. The smallest absolute Gasteiger partial charge is 0.240 e. The van der Waals surface area contributed by atoms with Crippen LogP contribution in [0.5, 0.6) is 0 Å². The second-order valence-corrected chi connectivity index (χ2v) is 4.80. The molecule has 0 saturated carbocycles. The standard InChI is InChI=1S/C13H21N7O/c1-17-13(19-9-15)18-6-2-5-11(16)12(21)20-7-3-4-10(20)8-14/h10-11H,2-7,16H2,1H3,(H2,17,18,19)/t10-,11-/m0/s1. The molecule has 0 aliphatic carbocycles. The van der Waals surface area contributed by atoms with Crippen molar-refractivity contribution in [1.82, 2.24) is 15.5 Å². The predicted molar refractivity (Wildman–Crippen MR) is 77.7 cm³/mol. The highest BCUT2D eigenvalue weighted by Gasteiger charge is 2.31. The number of hydrogen-bond acceptors (Lipinski definition) is 5. The van der Waals surface area contributed by atoms with Crippen molar-refractivity contribution in [3.63, 3.8) is 0 Å². The van der Waals surface area contributed by atoms with Crippen molar-refractivity contribution in [3.8, 4) is 12.3 Å². The lowest BCUT2D eigenvalue weighted by Gasteiger charge is -2.23. The number of nitrogens with zero attached hydrogens (tertiary/aromatic N) is 4. The third-order valence-electron chi connectivity index (χ3n) is 3.39. The highest BCUT2D eigenvalue weighted by molar-refractivity contribution is 5.82. The molecular weight excluding hydrogens is 270 g/mol. The van der Waals surface area contributed by atoms with Gasteiger partial charge in [0.1, 0.15) is 6.04 Å². The molecule has 1 amide bonds. The maximum absolute atomic E-state index is 12.2. The summed E-state index contributed by atoms with van der Waals surface area (Å²) < 4.78 is 0. The summed E-state index contributed by atoms with van der Waals surface area (Å²) in [5.74, 6) is 0.236. The van der Waals surface area contributed by atoms with Gasteiger partial charge in [-0.15, -0.1) is 4.99 Å². The molecule has 1 aliphatic heterocycles. The molecule has 114 valence electrons. The monoisotopic (exact) mass is 291 g/mol. The summed E-state index contributed by atoms with van der Waals surface area (Å²) in [4.78, 5) is 17.3. The molecule has 0 aromatic carbocycles. The van der Waals surface area contributed by atoms with Gasteiger partial charge in [-0.05, 0) is 25.7 Å². The number of nitrogens with two attached hydrogens (primary N) is 1. The fraction of sp³-hybridized carbons (Fsp3) is 0.692. The third-order valence-corrected chi connectivity index (χ3v) is 3.39. The third kappa shape index (κ3) is 4.93. The fourth-order valence-corrected chi connectivity index (χ4v) is 2.26. The molecule has 0 spiro atoms. The van der Waals surface area contributed by atoms with E-state index in [-0.39, 0.29) is 11.9 Å². The van der Waals surface area contributed by atoms with Crippen LogP contribution < -0.4 is 16.4 Å².